The first-order valence-corrected chi connectivity index (χ1v) is 7.16. The van der Waals surface area contributed by atoms with Gasteiger partial charge >= 0.3 is 58.2 Å². The van der Waals surface area contributed by atoms with E-state index in [2.05, 4.69) is 6.07 Å². The molecule has 110 valence electrons. The van der Waals surface area contributed by atoms with E-state index in [1.165, 1.54) is 12.1 Å². The summed E-state index contributed by atoms with van der Waals surface area (Å²) in [7, 11) is 0. The van der Waals surface area contributed by atoms with E-state index >= 15 is 0 Å². The van der Waals surface area contributed by atoms with Gasteiger partial charge in [0.1, 0.15) is 5.82 Å². The summed E-state index contributed by atoms with van der Waals surface area (Å²) in [5.41, 5.74) is 3.71. The summed E-state index contributed by atoms with van der Waals surface area (Å²) in [5, 5.41) is 0.0524. The zero-order valence-electron chi connectivity index (χ0n) is 12.8. The van der Waals surface area contributed by atoms with Crippen LogP contribution in [0.5, 0.6) is 0 Å². The van der Waals surface area contributed by atoms with Crippen LogP contribution in [0.25, 0.3) is 22.3 Å². The van der Waals surface area contributed by atoms with Gasteiger partial charge in [0.2, 0.25) is 0 Å². The van der Waals surface area contributed by atoms with E-state index in [4.69, 9.17) is 11.6 Å². The molecule has 0 atom stereocenters. The summed E-state index contributed by atoms with van der Waals surface area (Å²) in [6, 6.07) is 18.2. The van der Waals surface area contributed by atoms with Crippen molar-refractivity contribution in [3.63, 3.8) is 0 Å². The quantitative estimate of drug-likeness (QED) is 0.582. The molecule has 0 aliphatic rings. The summed E-state index contributed by atoms with van der Waals surface area (Å²) in [4.78, 5) is 0. The molecule has 0 radical (unpaired) electrons. The van der Waals surface area contributed by atoms with Crippen LogP contribution in [0.1, 0.15) is 5.56 Å². The Morgan fingerprint density at radius 3 is 2.13 bits per heavy atom. The Balaban J connectivity index is 0.00000192. The van der Waals surface area contributed by atoms with Crippen LogP contribution in [0.4, 0.5) is 8.78 Å². The van der Waals surface area contributed by atoms with Crippen molar-refractivity contribution in [2.45, 2.75) is 6.92 Å². The van der Waals surface area contributed by atoms with Crippen LogP contribution in [0.3, 0.4) is 0 Å². The zero-order valence-corrected chi connectivity index (χ0v) is 18.5. The van der Waals surface area contributed by atoms with Gasteiger partial charge in [-0.1, -0.05) is 36.4 Å². The number of benzene rings is 3. The maximum atomic E-state index is 13.6. The largest absolute Gasteiger partial charge is 1.00 e. The Morgan fingerprint density at radius 2 is 1.48 bits per heavy atom. The molecule has 23 heavy (non-hydrogen) atoms. The van der Waals surface area contributed by atoms with Crippen molar-refractivity contribution in [3.05, 3.63) is 82.9 Å². The molecule has 0 saturated carbocycles. The Labute approximate surface area is 188 Å². The molecule has 0 heterocycles. The van der Waals surface area contributed by atoms with Gasteiger partial charge in [-0.05, 0) is 40.3 Å². The molecular weight excluding hydrogens is 387 g/mol. The van der Waals surface area contributed by atoms with Gasteiger partial charge in [0.05, 0.1) is 0 Å². The van der Waals surface area contributed by atoms with Gasteiger partial charge in [0.25, 0.3) is 0 Å². The summed E-state index contributed by atoms with van der Waals surface area (Å²) in [6.45, 7) is 1.73. The summed E-state index contributed by atoms with van der Waals surface area (Å²) in [6.07, 6.45) is 0. The van der Waals surface area contributed by atoms with E-state index in [1.807, 2.05) is 30.3 Å². The molecule has 0 aromatic heterocycles. The molecule has 0 spiro atoms. The Hall–Kier alpha value is -0.385. The predicted octanol–water partition coefficient (Wildman–Crippen LogP) is 3.06. The first-order valence-electron chi connectivity index (χ1n) is 6.79. The van der Waals surface area contributed by atoms with Gasteiger partial charge in [-0.25, -0.2) is 8.78 Å². The van der Waals surface area contributed by atoms with Crippen molar-refractivity contribution in [2.75, 3.05) is 0 Å². The van der Waals surface area contributed by atoms with Crippen LogP contribution >= 0.6 is 11.6 Å². The van der Waals surface area contributed by atoms with Gasteiger partial charge in [-0.15, -0.1) is 11.6 Å². The molecule has 0 fully saturated rings. The van der Waals surface area contributed by atoms with Crippen molar-refractivity contribution >= 4 is 11.6 Å². The van der Waals surface area contributed by atoms with Crippen LogP contribution in [0.15, 0.2) is 54.6 Å². The predicted molar refractivity (Wildman–Crippen MR) is 85.8 cm³/mol. The van der Waals surface area contributed by atoms with Gasteiger partial charge < -0.3 is 0 Å². The molecule has 0 nitrogen and oxygen atoms in total. The smallest absolute Gasteiger partial charge is 0.235 e. The fourth-order valence-electron chi connectivity index (χ4n) is 2.29. The first kappa shape index (κ1) is 18.9. The minimum Gasteiger partial charge on any atom is -0.235 e. The van der Waals surface area contributed by atoms with E-state index in [1.54, 1.807) is 19.1 Å². The Kier molecular flexibility index (Phi) is 6.70. The summed E-state index contributed by atoms with van der Waals surface area (Å²) >= 11 is 5.97. The van der Waals surface area contributed by atoms with Crippen LogP contribution in [0, 0.1) is 24.6 Å². The summed E-state index contributed by atoms with van der Waals surface area (Å²) in [5.74, 6) is -0.797. The third-order valence-electron chi connectivity index (χ3n) is 3.59. The van der Waals surface area contributed by atoms with E-state index in [0.29, 0.717) is 11.1 Å². The molecule has 0 aliphatic heterocycles. The molecule has 0 saturated heterocycles. The molecule has 3 rings (SSSR count). The van der Waals surface area contributed by atoms with E-state index in [0.717, 1.165) is 16.7 Å². The monoisotopic (exact) mass is 398 g/mol. The standard InChI is InChI=1S/C19H12ClF2.Rb/c1-12-5-6-15(11-18(12)22)13-7-9-14(10-8-13)16-3-2-4-17(21)19(16)20;/h2-3,5-11H,1H3;/q-1;+1. The Bertz CT molecular complexity index is 829. The van der Waals surface area contributed by atoms with Gasteiger partial charge in [-0.3, -0.25) is 0 Å². The van der Waals surface area contributed by atoms with Crippen molar-refractivity contribution in [3.8, 4) is 22.3 Å². The maximum absolute atomic E-state index is 13.6. The second-order valence-electron chi connectivity index (χ2n) is 5.06. The maximum Gasteiger partial charge on any atom is 1.00 e. The van der Waals surface area contributed by atoms with Crippen LogP contribution in [-0.4, -0.2) is 0 Å². The van der Waals surface area contributed by atoms with Crippen LogP contribution < -0.4 is 58.2 Å². The first-order chi connectivity index (χ1) is 10.6. The number of aryl methyl sites for hydroxylation is 1. The molecule has 0 amide bonds. The fourth-order valence-corrected chi connectivity index (χ4v) is 2.52. The minimum absolute atomic E-state index is 0. The molecule has 0 aliphatic carbocycles. The van der Waals surface area contributed by atoms with Gasteiger partial charge in [0, 0.05) is 5.82 Å². The SMILES string of the molecule is Cc1ccc(-c2ccc(-c3cc[c-]c(F)c3Cl)cc2)cc1F.[Rb+]. The second-order valence-corrected chi connectivity index (χ2v) is 5.44. The van der Waals surface area contributed by atoms with Crippen molar-refractivity contribution in [1.82, 2.24) is 0 Å². The topological polar surface area (TPSA) is 0 Å². The average molecular weight is 399 g/mol. The minimum atomic E-state index is -0.566. The molecular formula is C19H12ClF2Rb. The molecule has 3 aromatic carbocycles. The average Bonchev–Trinajstić information content (AvgIpc) is 2.53. The van der Waals surface area contributed by atoms with E-state index in [-0.39, 0.29) is 69.0 Å². The van der Waals surface area contributed by atoms with Crippen LogP contribution in [0.2, 0.25) is 5.02 Å². The molecule has 0 N–H and O–H groups in total. The van der Waals surface area contributed by atoms with Gasteiger partial charge in [0.15, 0.2) is 0 Å². The van der Waals surface area contributed by atoms with Gasteiger partial charge in [-0.2, -0.15) is 23.7 Å². The third-order valence-corrected chi connectivity index (χ3v) is 3.96. The van der Waals surface area contributed by atoms with Crippen molar-refractivity contribution in [2.24, 2.45) is 0 Å². The molecule has 0 unspecified atom stereocenters. The molecule has 0 bridgehead atoms. The van der Waals surface area contributed by atoms with Crippen LogP contribution in [-0.2, 0) is 0 Å². The molecule has 3 aromatic rings. The number of rotatable bonds is 2. The Morgan fingerprint density at radius 1 is 0.870 bits per heavy atom. The third kappa shape index (κ3) is 4.18. The van der Waals surface area contributed by atoms with E-state index in [9.17, 15) is 8.78 Å². The number of halogens is 3. The normalized spacial score (nSPS) is 10.3. The zero-order chi connectivity index (χ0) is 15.7. The summed E-state index contributed by atoms with van der Waals surface area (Å²) < 4.78 is 27.1. The molecule has 4 heteroatoms. The van der Waals surface area contributed by atoms with E-state index < -0.39 is 5.82 Å². The number of hydrogen-bond acceptors (Lipinski definition) is 0. The van der Waals surface area contributed by atoms with Crippen molar-refractivity contribution in [1.29, 1.82) is 0 Å². The van der Waals surface area contributed by atoms with Crippen molar-refractivity contribution < 1.29 is 67.0 Å². The number of hydrogen-bond donors (Lipinski definition) is 0. The fraction of sp³-hybridized carbons (Fsp3) is 0.0526. The second kappa shape index (κ2) is 8.13.